The van der Waals surface area contributed by atoms with Crippen LogP contribution in [0.15, 0.2) is 28.7 Å². The molecule has 0 saturated carbocycles. The zero-order valence-corrected chi connectivity index (χ0v) is 12.6. The summed E-state index contributed by atoms with van der Waals surface area (Å²) in [6.45, 7) is 2.04. The SMILES string of the molecule is CN(CC(=O)O)C1CCCN(c2ccc(Br)cc2)C1. The highest BCUT2D eigenvalue weighted by Gasteiger charge is 2.24. The van der Waals surface area contributed by atoms with Crippen LogP contribution in [0.25, 0.3) is 0 Å². The van der Waals surface area contributed by atoms with E-state index in [0.29, 0.717) is 6.04 Å². The second-order valence-electron chi connectivity index (χ2n) is 5.03. The maximum atomic E-state index is 10.8. The van der Waals surface area contributed by atoms with Crippen LogP contribution in [0.5, 0.6) is 0 Å². The zero-order chi connectivity index (χ0) is 13.8. The Morgan fingerprint density at radius 3 is 2.79 bits per heavy atom. The van der Waals surface area contributed by atoms with Gasteiger partial charge in [-0.1, -0.05) is 15.9 Å². The summed E-state index contributed by atoms with van der Waals surface area (Å²) >= 11 is 3.44. The smallest absolute Gasteiger partial charge is 0.317 e. The number of nitrogens with zero attached hydrogens (tertiary/aromatic N) is 2. The van der Waals surface area contributed by atoms with Crippen LogP contribution >= 0.6 is 15.9 Å². The van der Waals surface area contributed by atoms with Crippen molar-refractivity contribution < 1.29 is 9.90 Å². The van der Waals surface area contributed by atoms with Crippen LogP contribution in [0.4, 0.5) is 5.69 Å². The molecule has 1 aliphatic heterocycles. The molecular weight excluding hydrogens is 308 g/mol. The molecule has 0 aliphatic carbocycles. The van der Waals surface area contributed by atoms with Gasteiger partial charge in [0.1, 0.15) is 0 Å². The number of hydrogen-bond donors (Lipinski definition) is 1. The van der Waals surface area contributed by atoms with Crippen LogP contribution in [0.3, 0.4) is 0 Å². The van der Waals surface area contributed by atoms with Gasteiger partial charge >= 0.3 is 5.97 Å². The van der Waals surface area contributed by atoms with Crippen LogP contribution in [0.2, 0.25) is 0 Å². The standard InChI is InChI=1S/C14H19BrN2O2/c1-16(10-14(18)19)13-3-2-8-17(9-13)12-6-4-11(15)5-7-12/h4-7,13H,2-3,8-10H2,1H3,(H,18,19). The van der Waals surface area contributed by atoms with Gasteiger partial charge in [0.15, 0.2) is 0 Å². The first-order valence-electron chi connectivity index (χ1n) is 6.49. The Balaban J connectivity index is 2.00. The molecule has 0 aromatic heterocycles. The summed E-state index contributed by atoms with van der Waals surface area (Å²) in [7, 11) is 1.89. The maximum Gasteiger partial charge on any atom is 0.317 e. The van der Waals surface area contributed by atoms with E-state index in [1.807, 2.05) is 24.1 Å². The molecule has 5 heteroatoms. The Morgan fingerprint density at radius 2 is 2.16 bits per heavy atom. The predicted molar refractivity (Wildman–Crippen MR) is 79.6 cm³/mol. The molecule has 1 unspecified atom stereocenters. The summed E-state index contributed by atoms with van der Waals surface area (Å²) in [5, 5.41) is 8.87. The fourth-order valence-electron chi connectivity index (χ4n) is 2.54. The second kappa shape index (κ2) is 6.39. The summed E-state index contributed by atoms with van der Waals surface area (Å²) in [5.74, 6) is -0.761. The van der Waals surface area contributed by atoms with Gasteiger partial charge in [0, 0.05) is 29.3 Å². The van der Waals surface area contributed by atoms with Gasteiger partial charge in [-0.3, -0.25) is 9.69 Å². The van der Waals surface area contributed by atoms with E-state index in [1.165, 1.54) is 5.69 Å². The molecule has 4 nitrogen and oxygen atoms in total. The van der Waals surface area contributed by atoms with Crippen molar-refractivity contribution in [2.45, 2.75) is 18.9 Å². The maximum absolute atomic E-state index is 10.8. The molecule has 0 amide bonds. The molecule has 1 N–H and O–H groups in total. The highest BCUT2D eigenvalue weighted by molar-refractivity contribution is 9.10. The van der Waals surface area contributed by atoms with E-state index in [0.717, 1.165) is 30.4 Å². The number of hydrogen-bond acceptors (Lipinski definition) is 3. The number of benzene rings is 1. The molecule has 1 fully saturated rings. The first kappa shape index (κ1) is 14.3. The fourth-order valence-corrected chi connectivity index (χ4v) is 2.81. The Hall–Kier alpha value is -1.07. The van der Waals surface area contributed by atoms with Crippen LogP contribution in [0.1, 0.15) is 12.8 Å². The molecule has 1 heterocycles. The van der Waals surface area contributed by atoms with Gasteiger partial charge in [0.05, 0.1) is 6.54 Å². The Bertz CT molecular complexity index is 436. The highest BCUT2D eigenvalue weighted by Crippen LogP contribution is 2.23. The largest absolute Gasteiger partial charge is 0.480 e. The number of carboxylic acid groups (broad SMARTS) is 1. The quantitative estimate of drug-likeness (QED) is 0.922. The van der Waals surface area contributed by atoms with Crippen LogP contribution in [0, 0.1) is 0 Å². The lowest BCUT2D eigenvalue weighted by molar-refractivity contribution is -0.138. The van der Waals surface area contributed by atoms with Crippen molar-refractivity contribution in [3.05, 3.63) is 28.7 Å². The third kappa shape index (κ3) is 3.94. The molecular formula is C14H19BrN2O2. The molecule has 1 aliphatic rings. The number of carboxylic acids is 1. The van der Waals surface area contributed by atoms with Gasteiger partial charge in [-0.2, -0.15) is 0 Å². The van der Waals surface area contributed by atoms with Gasteiger partial charge in [0.2, 0.25) is 0 Å². The summed E-state index contributed by atoms with van der Waals surface area (Å²) in [4.78, 5) is 15.1. The van der Waals surface area contributed by atoms with E-state index in [9.17, 15) is 4.79 Å². The molecule has 1 atom stereocenters. The average molecular weight is 327 g/mol. The lowest BCUT2D eigenvalue weighted by Gasteiger charge is -2.38. The molecule has 0 spiro atoms. The number of rotatable bonds is 4. The van der Waals surface area contributed by atoms with Crippen molar-refractivity contribution in [3.63, 3.8) is 0 Å². The number of anilines is 1. The summed E-state index contributed by atoms with van der Waals surface area (Å²) in [6.07, 6.45) is 2.17. The molecule has 19 heavy (non-hydrogen) atoms. The van der Waals surface area contributed by atoms with E-state index >= 15 is 0 Å². The van der Waals surface area contributed by atoms with Crippen molar-refractivity contribution in [2.24, 2.45) is 0 Å². The van der Waals surface area contributed by atoms with Gasteiger partial charge in [-0.25, -0.2) is 0 Å². The Kier molecular flexibility index (Phi) is 4.82. The first-order chi connectivity index (χ1) is 9.06. The third-order valence-electron chi connectivity index (χ3n) is 3.60. The molecule has 0 radical (unpaired) electrons. The minimum atomic E-state index is -0.761. The highest BCUT2D eigenvalue weighted by atomic mass is 79.9. The molecule has 1 saturated heterocycles. The summed E-state index contributed by atoms with van der Waals surface area (Å²) in [6, 6.07) is 8.60. The van der Waals surface area contributed by atoms with E-state index in [2.05, 4.69) is 33.0 Å². The minimum Gasteiger partial charge on any atom is -0.480 e. The van der Waals surface area contributed by atoms with Crippen molar-refractivity contribution >= 4 is 27.6 Å². The number of aliphatic carboxylic acids is 1. The van der Waals surface area contributed by atoms with Gasteiger partial charge < -0.3 is 10.0 Å². The fraction of sp³-hybridized carbons (Fsp3) is 0.500. The number of carbonyl (C=O) groups is 1. The van der Waals surface area contributed by atoms with E-state index < -0.39 is 5.97 Å². The van der Waals surface area contributed by atoms with Crippen LogP contribution in [-0.4, -0.2) is 48.7 Å². The van der Waals surface area contributed by atoms with Gasteiger partial charge in [0.25, 0.3) is 0 Å². The first-order valence-corrected chi connectivity index (χ1v) is 7.28. The molecule has 2 rings (SSSR count). The van der Waals surface area contributed by atoms with Crippen LogP contribution < -0.4 is 4.90 Å². The van der Waals surface area contributed by atoms with Crippen molar-refractivity contribution in [1.82, 2.24) is 4.90 Å². The molecule has 104 valence electrons. The van der Waals surface area contributed by atoms with E-state index in [1.54, 1.807) is 0 Å². The number of piperidine rings is 1. The molecule has 0 bridgehead atoms. The molecule has 1 aromatic rings. The Morgan fingerprint density at radius 1 is 1.47 bits per heavy atom. The van der Waals surface area contributed by atoms with Crippen LogP contribution in [-0.2, 0) is 4.79 Å². The van der Waals surface area contributed by atoms with Gasteiger partial charge in [-0.05, 0) is 44.2 Å². The monoisotopic (exact) mass is 326 g/mol. The van der Waals surface area contributed by atoms with Crippen molar-refractivity contribution in [3.8, 4) is 0 Å². The van der Waals surface area contributed by atoms with Gasteiger partial charge in [-0.15, -0.1) is 0 Å². The van der Waals surface area contributed by atoms with Crippen molar-refractivity contribution in [2.75, 3.05) is 31.6 Å². The third-order valence-corrected chi connectivity index (χ3v) is 4.12. The Labute approximate surface area is 122 Å². The topological polar surface area (TPSA) is 43.8 Å². The van der Waals surface area contributed by atoms with E-state index in [4.69, 9.17) is 5.11 Å². The number of likely N-dealkylation sites (N-methyl/N-ethyl adjacent to an activating group) is 1. The zero-order valence-electron chi connectivity index (χ0n) is 11.1. The second-order valence-corrected chi connectivity index (χ2v) is 5.94. The number of halogens is 1. The van der Waals surface area contributed by atoms with Crippen molar-refractivity contribution in [1.29, 1.82) is 0 Å². The summed E-state index contributed by atoms with van der Waals surface area (Å²) < 4.78 is 1.08. The average Bonchev–Trinajstić information content (AvgIpc) is 2.39. The predicted octanol–water partition coefficient (Wildman–Crippen LogP) is 2.43. The summed E-state index contributed by atoms with van der Waals surface area (Å²) in [5.41, 5.74) is 1.21. The lowest BCUT2D eigenvalue weighted by atomic mass is 10.0. The van der Waals surface area contributed by atoms with E-state index in [-0.39, 0.29) is 6.54 Å². The minimum absolute atomic E-state index is 0.110. The normalized spacial score (nSPS) is 19.7. The lowest BCUT2D eigenvalue weighted by Crippen LogP contribution is -2.48. The molecule has 1 aromatic carbocycles.